The number of Topliss-reactive ketones (excluding diaryl/α,β-unsaturated/α-hetero) is 1. The van der Waals surface area contributed by atoms with Crippen LogP contribution in [-0.4, -0.2) is 25.1 Å². The lowest BCUT2D eigenvalue weighted by atomic mass is 9.95. The van der Waals surface area contributed by atoms with Gasteiger partial charge in [-0.05, 0) is 30.5 Å². The summed E-state index contributed by atoms with van der Waals surface area (Å²) in [5.74, 6) is 0.0760. The fourth-order valence-corrected chi connectivity index (χ4v) is 3.17. The number of hydrogen-bond donors (Lipinski definition) is 0. The Morgan fingerprint density at radius 3 is 2.88 bits per heavy atom. The van der Waals surface area contributed by atoms with Crippen molar-refractivity contribution in [1.29, 1.82) is 0 Å². The maximum absolute atomic E-state index is 12.8. The molecule has 0 fully saturated rings. The number of carbonyl (C=O) groups excluding carboxylic acids is 1. The molecule has 0 spiro atoms. The quantitative estimate of drug-likeness (QED) is 0.682. The molecule has 0 amide bonds. The zero-order chi connectivity index (χ0) is 16.7. The molecule has 1 aliphatic heterocycles. The molecule has 120 valence electrons. The molecule has 1 aromatic carbocycles. The molecule has 0 saturated heterocycles. The van der Waals surface area contributed by atoms with Crippen LogP contribution in [-0.2, 0) is 13.6 Å². The number of aryl methyl sites for hydroxylation is 3. The Morgan fingerprint density at radius 1 is 1.25 bits per heavy atom. The van der Waals surface area contributed by atoms with E-state index in [0.717, 1.165) is 34.5 Å². The van der Waals surface area contributed by atoms with E-state index in [0.29, 0.717) is 12.1 Å². The van der Waals surface area contributed by atoms with Crippen LogP contribution in [0.4, 0.5) is 0 Å². The lowest BCUT2D eigenvalue weighted by molar-refractivity contribution is 0.101. The summed E-state index contributed by atoms with van der Waals surface area (Å²) in [5.41, 5.74) is 5.44. The molecule has 0 saturated carbocycles. The van der Waals surface area contributed by atoms with Gasteiger partial charge in [-0.15, -0.1) is 0 Å². The van der Waals surface area contributed by atoms with Gasteiger partial charge in [0.25, 0.3) is 0 Å². The topological polar surface area (TPSA) is 52.7 Å². The number of rotatable bonds is 2. The average Bonchev–Trinajstić information content (AvgIpc) is 3.17. The van der Waals surface area contributed by atoms with E-state index in [9.17, 15) is 4.79 Å². The minimum Gasteiger partial charge on any atom is -0.340 e. The van der Waals surface area contributed by atoms with Crippen molar-refractivity contribution in [2.45, 2.75) is 19.9 Å². The monoisotopic (exact) mass is 318 g/mol. The van der Waals surface area contributed by atoms with Crippen LogP contribution in [0.2, 0.25) is 0 Å². The number of nitrogens with zero attached hydrogens (tertiary/aromatic N) is 4. The molecule has 5 heteroatoms. The van der Waals surface area contributed by atoms with Gasteiger partial charge in [0.1, 0.15) is 5.69 Å². The summed E-state index contributed by atoms with van der Waals surface area (Å²) >= 11 is 0. The molecule has 0 atom stereocenters. The standard InChI is InChI=1S/C19H18N4O/c1-13-10-21-23-8-7-15(19(24)18(13)23)9-14-5-3-4-6-16(14)17-11-22(2)12-20-17/h3-6,9-12H,7-8H2,1-2H3/b15-9+. The molecule has 24 heavy (non-hydrogen) atoms. The van der Waals surface area contributed by atoms with Crippen LogP contribution in [0.3, 0.4) is 0 Å². The first-order valence-electron chi connectivity index (χ1n) is 7.98. The van der Waals surface area contributed by atoms with Crippen molar-refractivity contribution in [3.63, 3.8) is 0 Å². The molecule has 3 aromatic rings. The third-order valence-corrected chi connectivity index (χ3v) is 4.39. The average molecular weight is 318 g/mol. The molecule has 1 aliphatic rings. The minimum atomic E-state index is 0.0760. The van der Waals surface area contributed by atoms with Crippen molar-refractivity contribution < 1.29 is 4.79 Å². The van der Waals surface area contributed by atoms with Crippen LogP contribution in [0.5, 0.6) is 0 Å². The molecule has 4 rings (SSSR count). The van der Waals surface area contributed by atoms with Crippen molar-refractivity contribution >= 4 is 11.9 Å². The van der Waals surface area contributed by atoms with Gasteiger partial charge in [-0.2, -0.15) is 5.10 Å². The maximum Gasteiger partial charge on any atom is 0.207 e. The largest absolute Gasteiger partial charge is 0.340 e. The number of benzene rings is 1. The van der Waals surface area contributed by atoms with E-state index in [-0.39, 0.29) is 5.78 Å². The first kappa shape index (κ1) is 14.6. The van der Waals surface area contributed by atoms with Gasteiger partial charge in [-0.1, -0.05) is 24.3 Å². The Hall–Kier alpha value is -2.95. The van der Waals surface area contributed by atoms with Gasteiger partial charge < -0.3 is 4.57 Å². The van der Waals surface area contributed by atoms with E-state index in [1.807, 2.05) is 55.1 Å². The fraction of sp³-hybridized carbons (Fsp3) is 0.211. The van der Waals surface area contributed by atoms with E-state index in [1.165, 1.54) is 0 Å². The minimum absolute atomic E-state index is 0.0760. The van der Waals surface area contributed by atoms with E-state index in [1.54, 1.807) is 17.2 Å². The lowest BCUT2D eigenvalue weighted by Gasteiger charge is -2.17. The number of hydrogen-bond acceptors (Lipinski definition) is 3. The Labute approximate surface area is 140 Å². The van der Waals surface area contributed by atoms with Crippen LogP contribution in [0.25, 0.3) is 17.3 Å². The first-order valence-corrected chi connectivity index (χ1v) is 7.98. The summed E-state index contributed by atoms with van der Waals surface area (Å²) in [6, 6.07) is 8.05. The Balaban J connectivity index is 1.77. The van der Waals surface area contributed by atoms with E-state index in [4.69, 9.17) is 0 Å². The Morgan fingerprint density at radius 2 is 2.08 bits per heavy atom. The lowest BCUT2D eigenvalue weighted by Crippen LogP contribution is -2.20. The Bertz CT molecular complexity index is 961. The van der Waals surface area contributed by atoms with Crippen molar-refractivity contribution in [2.24, 2.45) is 7.05 Å². The predicted octanol–water partition coefficient (Wildman–Crippen LogP) is 3.26. The molecule has 0 N–H and O–H groups in total. The van der Waals surface area contributed by atoms with Crippen LogP contribution >= 0.6 is 0 Å². The second-order valence-corrected chi connectivity index (χ2v) is 6.16. The van der Waals surface area contributed by atoms with Gasteiger partial charge >= 0.3 is 0 Å². The highest BCUT2D eigenvalue weighted by Gasteiger charge is 2.25. The fourth-order valence-electron chi connectivity index (χ4n) is 3.17. The molecule has 5 nitrogen and oxygen atoms in total. The van der Waals surface area contributed by atoms with E-state index in [2.05, 4.69) is 10.1 Å². The van der Waals surface area contributed by atoms with Gasteiger partial charge in [0.15, 0.2) is 0 Å². The number of imidazole rings is 1. The van der Waals surface area contributed by atoms with Gasteiger partial charge in [0.2, 0.25) is 5.78 Å². The SMILES string of the molecule is Cc1cnn2c1C(=O)/C(=C/c1ccccc1-c1cn(C)cn1)CC2. The third kappa shape index (κ3) is 2.38. The van der Waals surface area contributed by atoms with E-state index < -0.39 is 0 Å². The summed E-state index contributed by atoms with van der Waals surface area (Å²) in [7, 11) is 1.95. The van der Waals surface area contributed by atoms with Crippen LogP contribution in [0.15, 0.2) is 48.6 Å². The second kappa shape index (κ2) is 5.60. The van der Waals surface area contributed by atoms with Gasteiger partial charge in [-0.25, -0.2) is 4.98 Å². The van der Waals surface area contributed by atoms with Crippen molar-refractivity contribution in [2.75, 3.05) is 0 Å². The Kier molecular flexibility index (Phi) is 3.41. The summed E-state index contributed by atoms with van der Waals surface area (Å²) in [4.78, 5) is 17.2. The third-order valence-electron chi connectivity index (χ3n) is 4.39. The first-order chi connectivity index (χ1) is 11.6. The molecule has 0 aliphatic carbocycles. The van der Waals surface area contributed by atoms with Gasteiger partial charge in [0, 0.05) is 30.9 Å². The highest BCUT2D eigenvalue weighted by atomic mass is 16.1. The summed E-state index contributed by atoms with van der Waals surface area (Å²) in [6.07, 6.45) is 8.23. The second-order valence-electron chi connectivity index (χ2n) is 6.16. The predicted molar refractivity (Wildman–Crippen MR) is 92.5 cm³/mol. The smallest absolute Gasteiger partial charge is 0.207 e. The van der Waals surface area contributed by atoms with Gasteiger partial charge in [0.05, 0.1) is 18.2 Å². The molecular weight excluding hydrogens is 300 g/mol. The summed E-state index contributed by atoms with van der Waals surface area (Å²) in [6.45, 7) is 2.67. The number of ketones is 1. The summed E-state index contributed by atoms with van der Waals surface area (Å²) < 4.78 is 3.73. The molecule has 0 radical (unpaired) electrons. The van der Waals surface area contributed by atoms with Crippen molar-refractivity contribution in [3.05, 3.63) is 65.4 Å². The molecule has 0 bridgehead atoms. The zero-order valence-corrected chi connectivity index (χ0v) is 13.7. The normalized spacial score (nSPS) is 15.8. The maximum atomic E-state index is 12.8. The van der Waals surface area contributed by atoms with E-state index >= 15 is 0 Å². The molecular formula is C19H18N4O. The van der Waals surface area contributed by atoms with Crippen LogP contribution in [0.1, 0.15) is 28.0 Å². The number of fused-ring (bicyclic) bond motifs is 1. The van der Waals surface area contributed by atoms with Crippen molar-refractivity contribution in [3.8, 4) is 11.3 Å². The summed E-state index contributed by atoms with van der Waals surface area (Å²) in [5, 5.41) is 4.27. The highest BCUT2D eigenvalue weighted by molar-refractivity contribution is 6.12. The molecule has 2 aromatic heterocycles. The van der Waals surface area contributed by atoms with Gasteiger partial charge in [-0.3, -0.25) is 9.48 Å². The number of allylic oxidation sites excluding steroid dienone is 1. The zero-order valence-electron chi connectivity index (χ0n) is 13.7. The molecule has 0 unspecified atom stereocenters. The molecule has 3 heterocycles. The van der Waals surface area contributed by atoms with Crippen LogP contribution in [0, 0.1) is 6.92 Å². The van der Waals surface area contributed by atoms with Crippen LogP contribution < -0.4 is 0 Å². The number of carbonyl (C=O) groups is 1. The highest BCUT2D eigenvalue weighted by Crippen LogP contribution is 2.28. The van der Waals surface area contributed by atoms with Crippen molar-refractivity contribution in [1.82, 2.24) is 19.3 Å². The number of aromatic nitrogens is 4.